The molecule has 4 aromatic rings. The van der Waals surface area contributed by atoms with Gasteiger partial charge < -0.3 is 19.4 Å². The molecule has 1 atom stereocenters. The molecule has 4 rings (SSSR count). The van der Waals surface area contributed by atoms with Gasteiger partial charge in [0.25, 0.3) is 5.91 Å². The van der Waals surface area contributed by atoms with Gasteiger partial charge in [-0.05, 0) is 67.5 Å². The van der Waals surface area contributed by atoms with Crippen molar-refractivity contribution in [3.63, 3.8) is 0 Å². The van der Waals surface area contributed by atoms with Crippen molar-refractivity contribution < 1.29 is 14.3 Å². The average molecular weight is 490 g/mol. The summed E-state index contributed by atoms with van der Waals surface area (Å²) in [7, 11) is 1.66. The number of rotatable bonds is 12. The topological polar surface area (TPSA) is 65.4 Å². The second kappa shape index (κ2) is 11.7. The summed E-state index contributed by atoms with van der Waals surface area (Å²) in [4.78, 5) is 18.1. The van der Waals surface area contributed by atoms with Gasteiger partial charge >= 0.3 is 0 Å². The number of para-hydroxylation sites is 2. The number of aryl methyl sites for hydroxylation is 1. The van der Waals surface area contributed by atoms with E-state index in [4.69, 9.17) is 14.5 Å². The summed E-state index contributed by atoms with van der Waals surface area (Å²) in [5.74, 6) is 2.27. The minimum absolute atomic E-state index is 0.0763. The second-order valence-electron chi connectivity index (χ2n) is 8.32. The smallest absolute Gasteiger partial charge is 0.261 e. The molecule has 1 unspecified atom stereocenters. The van der Waals surface area contributed by atoms with Gasteiger partial charge in [0, 0.05) is 6.54 Å². The van der Waals surface area contributed by atoms with Crippen molar-refractivity contribution in [3.05, 3.63) is 88.9 Å². The monoisotopic (exact) mass is 489 g/mol. The normalized spacial score (nSPS) is 11.8. The zero-order chi connectivity index (χ0) is 24.6. The fourth-order valence-electron chi connectivity index (χ4n) is 4.08. The number of fused-ring (bicyclic) bond motifs is 1. The Hall–Kier alpha value is -3.58. The fourth-order valence-corrected chi connectivity index (χ4v) is 4.71. The number of nitrogens with one attached hydrogen (secondary N) is 1. The zero-order valence-electron chi connectivity index (χ0n) is 20.2. The van der Waals surface area contributed by atoms with E-state index in [-0.39, 0.29) is 11.9 Å². The van der Waals surface area contributed by atoms with Crippen LogP contribution in [-0.2, 0) is 13.0 Å². The number of unbranched alkanes of at least 4 members (excludes halogenated alkanes) is 1. The Morgan fingerprint density at radius 2 is 2.03 bits per heavy atom. The zero-order valence-corrected chi connectivity index (χ0v) is 21.0. The van der Waals surface area contributed by atoms with Crippen molar-refractivity contribution in [2.75, 3.05) is 13.7 Å². The molecule has 1 amide bonds. The minimum Gasteiger partial charge on any atom is -0.493 e. The summed E-state index contributed by atoms with van der Waals surface area (Å²) in [6.07, 6.45) is 4.46. The van der Waals surface area contributed by atoms with E-state index in [9.17, 15) is 4.79 Å². The molecule has 6 nitrogen and oxygen atoms in total. The third-order valence-electron chi connectivity index (χ3n) is 5.81. The number of imidazole rings is 1. The van der Waals surface area contributed by atoms with E-state index in [1.807, 2.05) is 66.9 Å². The molecule has 0 aliphatic rings. The number of nitrogens with zero attached hydrogens (tertiary/aromatic N) is 2. The van der Waals surface area contributed by atoms with Gasteiger partial charge in [0.2, 0.25) is 0 Å². The molecule has 7 heteroatoms. The fraction of sp³-hybridized carbons (Fsp3) is 0.286. The summed E-state index contributed by atoms with van der Waals surface area (Å²) in [5, 5.41) is 5.00. The highest BCUT2D eigenvalue weighted by atomic mass is 32.1. The van der Waals surface area contributed by atoms with E-state index in [0.717, 1.165) is 59.7 Å². The molecule has 2 heterocycles. The van der Waals surface area contributed by atoms with Crippen molar-refractivity contribution >= 4 is 28.3 Å². The number of methoxy groups -OCH3 is 1. The van der Waals surface area contributed by atoms with Gasteiger partial charge in [-0.25, -0.2) is 4.98 Å². The second-order valence-corrected chi connectivity index (χ2v) is 9.26. The van der Waals surface area contributed by atoms with Gasteiger partial charge in [-0.2, -0.15) is 0 Å². The Kier molecular flexibility index (Phi) is 8.21. The van der Waals surface area contributed by atoms with Crippen molar-refractivity contribution in [3.8, 4) is 11.5 Å². The lowest BCUT2D eigenvalue weighted by molar-refractivity contribution is 0.0941. The van der Waals surface area contributed by atoms with Gasteiger partial charge in [-0.3, -0.25) is 4.79 Å². The quantitative estimate of drug-likeness (QED) is 0.190. The highest BCUT2D eigenvalue weighted by molar-refractivity contribution is 7.12. The Morgan fingerprint density at radius 1 is 1.17 bits per heavy atom. The predicted octanol–water partition coefficient (Wildman–Crippen LogP) is 6.19. The lowest BCUT2D eigenvalue weighted by Gasteiger charge is -2.16. The highest BCUT2D eigenvalue weighted by Gasteiger charge is 2.19. The standard InChI is InChI=1S/C28H31N3O3S/c1-4-10-21-14-15-24(25(19-21)33-3)34-17-8-7-16-31-23-12-6-5-11-22(23)30-27(31)20(2)29-28(32)26-13-9-18-35-26/h4-6,9,11-15,18-20H,1,7-8,10,16-17H2,2-3H3,(H,29,32). The SMILES string of the molecule is C=CCc1ccc(OCCCCn2c(C(C)NC(=O)c3cccs3)nc3ccccc32)c(OC)c1. The van der Waals surface area contributed by atoms with Crippen molar-refractivity contribution in [2.45, 2.75) is 38.8 Å². The molecule has 2 aromatic carbocycles. The molecule has 0 fully saturated rings. The van der Waals surface area contributed by atoms with Gasteiger partial charge in [-0.1, -0.05) is 30.3 Å². The van der Waals surface area contributed by atoms with Crippen molar-refractivity contribution in [2.24, 2.45) is 0 Å². The molecule has 2 aromatic heterocycles. The third kappa shape index (κ3) is 5.92. The number of ether oxygens (including phenoxy) is 2. The molecule has 0 saturated heterocycles. The van der Waals surface area contributed by atoms with Gasteiger partial charge in [0.05, 0.1) is 35.7 Å². The van der Waals surface area contributed by atoms with Gasteiger partial charge in [0.1, 0.15) is 5.82 Å². The molecular formula is C28H31N3O3S. The molecule has 0 aliphatic carbocycles. The number of thiophene rings is 1. The van der Waals surface area contributed by atoms with Crippen molar-refractivity contribution in [1.29, 1.82) is 0 Å². The van der Waals surface area contributed by atoms with Crippen LogP contribution < -0.4 is 14.8 Å². The summed E-state index contributed by atoms with van der Waals surface area (Å²) >= 11 is 1.43. The summed E-state index contributed by atoms with van der Waals surface area (Å²) in [6.45, 7) is 7.14. The molecule has 0 spiro atoms. The number of hydrogen-bond acceptors (Lipinski definition) is 5. The van der Waals surface area contributed by atoms with E-state index >= 15 is 0 Å². The van der Waals surface area contributed by atoms with Crippen LogP contribution in [0.25, 0.3) is 11.0 Å². The van der Waals surface area contributed by atoms with Crippen LogP contribution in [0.1, 0.15) is 46.9 Å². The maximum Gasteiger partial charge on any atom is 0.261 e. The number of carbonyl (C=O) groups excluding carboxylic acids is 1. The summed E-state index contributed by atoms with van der Waals surface area (Å²) < 4.78 is 13.7. The molecule has 0 aliphatic heterocycles. The van der Waals surface area contributed by atoms with Gasteiger partial charge in [-0.15, -0.1) is 17.9 Å². The maximum absolute atomic E-state index is 12.6. The Balaban J connectivity index is 1.39. The van der Waals surface area contributed by atoms with E-state index in [1.54, 1.807) is 7.11 Å². The molecule has 182 valence electrons. The summed E-state index contributed by atoms with van der Waals surface area (Å²) in [6, 6.07) is 17.6. The highest BCUT2D eigenvalue weighted by Crippen LogP contribution is 2.29. The maximum atomic E-state index is 12.6. The molecule has 1 N–H and O–H groups in total. The number of aromatic nitrogens is 2. The van der Waals surface area contributed by atoms with Crippen LogP contribution in [0.2, 0.25) is 0 Å². The third-order valence-corrected chi connectivity index (χ3v) is 6.67. The number of hydrogen-bond donors (Lipinski definition) is 1. The Bertz CT molecular complexity index is 1280. The van der Waals surface area contributed by atoms with Crippen LogP contribution in [0.5, 0.6) is 11.5 Å². The molecule has 0 saturated carbocycles. The van der Waals surface area contributed by atoms with Crippen LogP contribution in [0, 0.1) is 0 Å². The lowest BCUT2D eigenvalue weighted by Crippen LogP contribution is -2.28. The molecule has 35 heavy (non-hydrogen) atoms. The lowest BCUT2D eigenvalue weighted by atomic mass is 10.1. The van der Waals surface area contributed by atoms with E-state index in [2.05, 4.69) is 22.5 Å². The Morgan fingerprint density at radius 3 is 2.80 bits per heavy atom. The van der Waals surface area contributed by atoms with E-state index in [1.165, 1.54) is 11.3 Å². The first kappa shape index (κ1) is 24.5. The minimum atomic E-state index is -0.216. The van der Waals surface area contributed by atoms with E-state index < -0.39 is 0 Å². The van der Waals surface area contributed by atoms with Gasteiger partial charge in [0.15, 0.2) is 11.5 Å². The number of amides is 1. The predicted molar refractivity (Wildman–Crippen MR) is 142 cm³/mol. The van der Waals surface area contributed by atoms with Crippen LogP contribution in [0.3, 0.4) is 0 Å². The molecule has 0 bridgehead atoms. The largest absolute Gasteiger partial charge is 0.493 e. The number of carbonyl (C=O) groups is 1. The first-order valence-corrected chi connectivity index (χ1v) is 12.7. The first-order valence-electron chi connectivity index (χ1n) is 11.8. The average Bonchev–Trinajstić information content (AvgIpc) is 3.53. The number of benzene rings is 2. The van der Waals surface area contributed by atoms with Crippen LogP contribution in [0.4, 0.5) is 0 Å². The number of allylic oxidation sites excluding steroid dienone is 1. The van der Waals surface area contributed by atoms with Crippen LogP contribution >= 0.6 is 11.3 Å². The van der Waals surface area contributed by atoms with Crippen LogP contribution in [0.15, 0.2) is 72.6 Å². The Labute approximate surface area is 210 Å². The first-order chi connectivity index (χ1) is 17.1. The molecular weight excluding hydrogens is 458 g/mol. The van der Waals surface area contributed by atoms with Crippen molar-refractivity contribution in [1.82, 2.24) is 14.9 Å². The molecule has 0 radical (unpaired) electrons. The van der Waals surface area contributed by atoms with E-state index in [0.29, 0.717) is 11.5 Å². The summed E-state index contributed by atoms with van der Waals surface area (Å²) in [5.41, 5.74) is 3.14. The van der Waals surface area contributed by atoms with Crippen LogP contribution in [-0.4, -0.2) is 29.2 Å².